The van der Waals surface area contributed by atoms with Crippen molar-refractivity contribution >= 4 is 5.91 Å². The number of H-pyrrole nitrogens is 1. The van der Waals surface area contributed by atoms with Crippen LogP contribution in [-0.2, 0) is 6.42 Å². The van der Waals surface area contributed by atoms with E-state index in [9.17, 15) is 9.59 Å². The van der Waals surface area contributed by atoms with Crippen molar-refractivity contribution in [2.75, 3.05) is 19.8 Å². The Morgan fingerprint density at radius 1 is 1.26 bits per heavy atom. The van der Waals surface area contributed by atoms with E-state index in [0.717, 1.165) is 22.6 Å². The second kappa shape index (κ2) is 6.51. The number of rotatable bonds is 4. The zero-order valence-electron chi connectivity index (χ0n) is 12.7. The van der Waals surface area contributed by atoms with E-state index in [4.69, 9.17) is 9.47 Å². The molecule has 120 valence electrons. The molecule has 0 bridgehead atoms. The van der Waals surface area contributed by atoms with Crippen LogP contribution >= 0.6 is 0 Å². The van der Waals surface area contributed by atoms with Crippen LogP contribution in [0.4, 0.5) is 0 Å². The highest BCUT2D eigenvalue weighted by molar-refractivity contribution is 5.91. The lowest BCUT2D eigenvalue weighted by atomic mass is 10.0. The molecule has 1 amide bonds. The van der Waals surface area contributed by atoms with Crippen molar-refractivity contribution < 1.29 is 14.3 Å². The van der Waals surface area contributed by atoms with Crippen LogP contribution in [0.2, 0.25) is 0 Å². The summed E-state index contributed by atoms with van der Waals surface area (Å²) in [6, 6.07) is 6.57. The van der Waals surface area contributed by atoms with Crippen LogP contribution in [0, 0.1) is 6.92 Å². The van der Waals surface area contributed by atoms with Gasteiger partial charge in [-0.3, -0.25) is 9.59 Å². The first-order chi connectivity index (χ1) is 11.1. The molecular weight excluding hydrogens is 298 g/mol. The molecule has 7 nitrogen and oxygen atoms in total. The number of hydrogen-bond donors (Lipinski definition) is 2. The molecule has 0 radical (unpaired) electrons. The van der Waals surface area contributed by atoms with Gasteiger partial charge in [0.2, 0.25) is 0 Å². The molecule has 0 unspecified atom stereocenters. The van der Waals surface area contributed by atoms with Crippen molar-refractivity contribution in [1.82, 2.24) is 15.5 Å². The fourth-order valence-electron chi connectivity index (χ4n) is 2.37. The summed E-state index contributed by atoms with van der Waals surface area (Å²) in [6.07, 6.45) is 0.664. The number of nitrogens with one attached hydrogen (secondary N) is 2. The Balaban J connectivity index is 1.61. The summed E-state index contributed by atoms with van der Waals surface area (Å²) in [5, 5.41) is 8.71. The second-order valence-electron chi connectivity index (χ2n) is 5.23. The van der Waals surface area contributed by atoms with E-state index in [1.807, 2.05) is 19.1 Å². The molecule has 0 saturated carbocycles. The summed E-state index contributed by atoms with van der Waals surface area (Å²) in [5.41, 5.74) is 2.02. The zero-order chi connectivity index (χ0) is 16.2. The molecule has 1 aromatic carbocycles. The topological polar surface area (TPSA) is 93.3 Å². The summed E-state index contributed by atoms with van der Waals surface area (Å²) in [6.45, 7) is 3.57. The third kappa shape index (κ3) is 3.50. The SMILES string of the molecule is Cc1cc2c(cc1CCNC(=O)c1ccc(=O)[nH]n1)OCCO2. The van der Waals surface area contributed by atoms with Crippen LogP contribution in [0.15, 0.2) is 29.1 Å². The molecule has 0 atom stereocenters. The van der Waals surface area contributed by atoms with Crippen LogP contribution < -0.4 is 20.3 Å². The Hall–Kier alpha value is -2.83. The fraction of sp³-hybridized carbons (Fsp3) is 0.312. The number of carbonyl (C=O) groups is 1. The largest absolute Gasteiger partial charge is 0.486 e. The molecule has 1 aromatic heterocycles. The van der Waals surface area contributed by atoms with Crippen LogP contribution in [0.5, 0.6) is 11.5 Å². The summed E-state index contributed by atoms with van der Waals surface area (Å²) in [5.74, 6) is 1.18. The molecule has 2 N–H and O–H groups in total. The van der Waals surface area contributed by atoms with Crippen LogP contribution in [0.3, 0.4) is 0 Å². The highest BCUT2D eigenvalue weighted by Gasteiger charge is 2.14. The number of fused-ring (bicyclic) bond motifs is 1. The summed E-state index contributed by atoms with van der Waals surface area (Å²) in [7, 11) is 0. The third-order valence-corrected chi connectivity index (χ3v) is 3.59. The Bertz CT molecular complexity index is 765. The van der Waals surface area contributed by atoms with Crippen molar-refractivity contribution in [3.8, 4) is 11.5 Å². The number of amides is 1. The van der Waals surface area contributed by atoms with Gasteiger partial charge in [-0.15, -0.1) is 0 Å². The normalized spacial score (nSPS) is 12.7. The number of benzene rings is 1. The van der Waals surface area contributed by atoms with Crippen molar-refractivity contribution in [2.45, 2.75) is 13.3 Å². The van der Waals surface area contributed by atoms with Gasteiger partial charge in [0, 0.05) is 12.6 Å². The Kier molecular flexibility index (Phi) is 4.27. The maximum atomic E-state index is 11.9. The first-order valence-electron chi connectivity index (χ1n) is 7.36. The molecule has 0 aliphatic carbocycles. The lowest BCUT2D eigenvalue weighted by Crippen LogP contribution is -2.27. The standard InChI is InChI=1S/C16H17N3O4/c1-10-8-13-14(23-7-6-22-13)9-11(10)4-5-17-16(21)12-2-3-15(20)19-18-12/h2-3,8-9H,4-7H2,1H3,(H,17,21)(H,19,20). The number of carbonyl (C=O) groups excluding carboxylic acids is 1. The maximum absolute atomic E-state index is 11.9. The van der Waals surface area contributed by atoms with Crippen molar-refractivity contribution in [3.05, 3.63) is 51.4 Å². The van der Waals surface area contributed by atoms with Crippen molar-refractivity contribution in [3.63, 3.8) is 0 Å². The van der Waals surface area contributed by atoms with Crippen molar-refractivity contribution in [2.24, 2.45) is 0 Å². The summed E-state index contributed by atoms with van der Waals surface area (Å²) < 4.78 is 11.1. The lowest BCUT2D eigenvalue weighted by molar-refractivity contribution is 0.0948. The second-order valence-corrected chi connectivity index (χ2v) is 5.23. The van der Waals surface area contributed by atoms with Gasteiger partial charge in [-0.05, 0) is 42.7 Å². The van der Waals surface area contributed by atoms with E-state index in [1.165, 1.54) is 12.1 Å². The highest BCUT2D eigenvalue weighted by atomic mass is 16.6. The minimum atomic E-state index is -0.339. The molecule has 1 aliphatic rings. The minimum Gasteiger partial charge on any atom is -0.486 e. The molecule has 7 heteroatoms. The molecule has 0 saturated heterocycles. The molecule has 3 rings (SSSR count). The molecule has 2 aromatic rings. The molecular formula is C16H17N3O4. The van der Waals surface area contributed by atoms with Crippen LogP contribution in [0.1, 0.15) is 21.6 Å². The monoisotopic (exact) mass is 315 g/mol. The molecule has 23 heavy (non-hydrogen) atoms. The number of aryl methyl sites for hydroxylation is 1. The summed E-state index contributed by atoms with van der Waals surface area (Å²) >= 11 is 0. The maximum Gasteiger partial charge on any atom is 0.271 e. The number of hydrogen-bond acceptors (Lipinski definition) is 5. The average Bonchev–Trinajstić information content (AvgIpc) is 2.56. The molecule has 1 aliphatic heterocycles. The van der Waals surface area contributed by atoms with Gasteiger partial charge in [-0.1, -0.05) is 0 Å². The predicted octanol–water partition coefficient (Wildman–Crippen LogP) is 0.822. The van der Waals surface area contributed by atoms with Gasteiger partial charge in [-0.25, -0.2) is 5.10 Å². The van der Waals surface area contributed by atoms with Crippen molar-refractivity contribution in [1.29, 1.82) is 0 Å². The van der Waals surface area contributed by atoms with Gasteiger partial charge < -0.3 is 14.8 Å². The molecule has 0 fully saturated rings. The van der Waals surface area contributed by atoms with Crippen LogP contribution in [0.25, 0.3) is 0 Å². The summed E-state index contributed by atoms with van der Waals surface area (Å²) in [4.78, 5) is 22.8. The van der Waals surface area contributed by atoms with Gasteiger partial charge in [0.25, 0.3) is 11.5 Å². The Morgan fingerprint density at radius 2 is 2.00 bits per heavy atom. The first-order valence-corrected chi connectivity index (χ1v) is 7.36. The number of ether oxygens (including phenoxy) is 2. The first kappa shape index (κ1) is 15.1. The van der Waals surface area contributed by atoms with E-state index in [0.29, 0.717) is 26.2 Å². The van der Waals surface area contributed by atoms with Gasteiger partial charge in [0.15, 0.2) is 11.5 Å². The fourth-order valence-corrected chi connectivity index (χ4v) is 2.37. The van der Waals surface area contributed by atoms with E-state index >= 15 is 0 Å². The van der Waals surface area contributed by atoms with Gasteiger partial charge in [0.1, 0.15) is 18.9 Å². The zero-order valence-corrected chi connectivity index (χ0v) is 12.7. The van der Waals surface area contributed by atoms with Gasteiger partial charge in [-0.2, -0.15) is 5.10 Å². The number of nitrogens with zero attached hydrogens (tertiary/aromatic N) is 1. The average molecular weight is 315 g/mol. The lowest BCUT2D eigenvalue weighted by Gasteiger charge is -2.20. The van der Waals surface area contributed by atoms with E-state index < -0.39 is 0 Å². The molecule has 0 spiro atoms. The highest BCUT2D eigenvalue weighted by Crippen LogP contribution is 2.33. The number of aromatic nitrogens is 2. The number of aromatic amines is 1. The van der Waals surface area contributed by atoms with Crippen LogP contribution in [-0.4, -0.2) is 35.9 Å². The molecule has 2 heterocycles. The third-order valence-electron chi connectivity index (χ3n) is 3.59. The minimum absolute atomic E-state index is 0.184. The van der Waals surface area contributed by atoms with E-state index in [2.05, 4.69) is 15.5 Å². The predicted molar refractivity (Wildman–Crippen MR) is 83.1 cm³/mol. The smallest absolute Gasteiger partial charge is 0.271 e. The Morgan fingerprint density at radius 3 is 2.70 bits per heavy atom. The van der Waals surface area contributed by atoms with Gasteiger partial charge in [0.05, 0.1) is 0 Å². The Labute approximate surface area is 132 Å². The quantitative estimate of drug-likeness (QED) is 0.871. The van der Waals surface area contributed by atoms with E-state index in [1.54, 1.807) is 0 Å². The van der Waals surface area contributed by atoms with Gasteiger partial charge >= 0.3 is 0 Å². The van der Waals surface area contributed by atoms with E-state index in [-0.39, 0.29) is 17.2 Å².